The van der Waals surface area contributed by atoms with Gasteiger partial charge in [-0.05, 0) is 35.9 Å². The van der Waals surface area contributed by atoms with Gasteiger partial charge in [0.15, 0.2) is 17.2 Å². The topological polar surface area (TPSA) is 87.2 Å². The average molecular weight is 436 g/mol. The molecule has 0 unspecified atom stereocenters. The van der Waals surface area contributed by atoms with Crippen LogP contribution >= 0.6 is 0 Å². The zero-order valence-corrected chi connectivity index (χ0v) is 18.3. The maximum Gasteiger partial charge on any atom is 0.414 e. The number of carbonyl (C=O) groups excluding carboxylic acids is 2. The highest BCUT2D eigenvalue weighted by atomic mass is 16.6. The normalized spacial score (nSPS) is 10.8. The number of amides is 1. The predicted molar refractivity (Wildman–Crippen MR) is 120 cm³/mol. The van der Waals surface area contributed by atoms with Crippen LogP contribution in [0, 0.1) is 0 Å². The molecule has 0 spiro atoms. The van der Waals surface area contributed by atoms with Crippen molar-refractivity contribution in [2.24, 2.45) is 0 Å². The molecule has 0 fully saturated rings. The van der Waals surface area contributed by atoms with Gasteiger partial charge in [0.25, 0.3) is 0 Å². The Bertz CT molecular complexity index is 1160. The SMILES string of the molecule is COc1ccc(/C=C/C(=O)OCc2ccc3cccc(OC(=O)N(C)C)c3n2)cc1OC. The van der Waals surface area contributed by atoms with Gasteiger partial charge in [-0.25, -0.2) is 14.6 Å². The van der Waals surface area contributed by atoms with Crippen molar-refractivity contribution in [3.63, 3.8) is 0 Å². The standard InChI is InChI=1S/C24H24N2O6/c1-26(2)24(28)32-20-7-5-6-17-10-11-18(25-23(17)20)15-31-22(27)13-9-16-8-12-19(29-3)21(14-16)30-4/h5-14H,15H2,1-4H3/b13-9+. The van der Waals surface area contributed by atoms with Gasteiger partial charge in [0, 0.05) is 25.6 Å². The summed E-state index contributed by atoms with van der Waals surface area (Å²) in [5.74, 6) is 0.983. The number of para-hydroxylation sites is 1. The molecule has 0 aliphatic heterocycles. The van der Waals surface area contributed by atoms with Gasteiger partial charge in [0.1, 0.15) is 12.1 Å². The second kappa shape index (κ2) is 10.3. The molecule has 1 amide bonds. The van der Waals surface area contributed by atoms with Crippen LogP contribution in [-0.2, 0) is 16.1 Å². The molecule has 3 rings (SSSR count). The van der Waals surface area contributed by atoms with E-state index in [1.54, 1.807) is 70.8 Å². The van der Waals surface area contributed by atoms with Crippen molar-refractivity contribution in [3.05, 3.63) is 65.9 Å². The zero-order valence-electron chi connectivity index (χ0n) is 18.3. The van der Waals surface area contributed by atoms with Crippen molar-refractivity contribution in [2.75, 3.05) is 28.3 Å². The smallest absolute Gasteiger partial charge is 0.414 e. The number of hydrogen-bond acceptors (Lipinski definition) is 7. The summed E-state index contributed by atoms with van der Waals surface area (Å²) < 4.78 is 21.1. The summed E-state index contributed by atoms with van der Waals surface area (Å²) in [6.07, 6.45) is 2.44. The van der Waals surface area contributed by atoms with E-state index in [9.17, 15) is 9.59 Å². The number of hydrogen-bond donors (Lipinski definition) is 0. The Balaban J connectivity index is 1.68. The number of pyridine rings is 1. The third-order valence-corrected chi connectivity index (χ3v) is 4.49. The Kier molecular flexibility index (Phi) is 7.28. The number of benzene rings is 2. The first-order chi connectivity index (χ1) is 15.4. The summed E-state index contributed by atoms with van der Waals surface area (Å²) >= 11 is 0. The quantitative estimate of drug-likeness (QED) is 0.408. The predicted octanol–water partition coefficient (Wildman–Crippen LogP) is 4.07. The molecule has 8 nitrogen and oxygen atoms in total. The molecule has 0 atom stereocenters. The minimum absolute atomic E-state index is 0.0268. The Morgan fingerprint density at radius 1 is 0.969 bits per heavy atom. The summed E-state index contributed by atoms with van der Waals surface area (Å²) in [6.45, 7) is -0.0268. The van der Waals surface area contributed by atoms with E-state index in [0.717, 1.165) is 10.9 Å². The molecule has 1 aromatic heterocycles. The highest BCUT2D eigenvalue weighted by Gasteiger charge is 2.12. The van der Waals surface area contributed by atoms with E-state index in [1.807, 2.05) is 12.1 Å². The number of nitrogens with zero attached hydrogens (tertiary/aromatic N) is 2. The number of methoxy groups -OCH3 is 2. The molecule has 0 aliphatic carbocycles. The van der Waals surface area contributed by atoms with Gasteiger partial charge < -0.3 is 23.8 Å². The van der Waals surface area contributed by atoms with Crippen LogP contribution in [0.5, 0.6) is 17.2 Å². The van der Waals surface area contributed by atoms with Gasteiger partial charge in [-0.1, -0.05) is 24.3 Å². The second-order valence-electron chi connectivity index (χ2n) is 6.95. The average Bonchev–Trinajstić information content (AvgIpc) is 2.81. The summed E-state index contributed by atoms with van der Waals surface area (Å²) in [7, 11) is 6.30. The van der Waals surface area contributed by atoms with Crippen LogP contribution in [0.4, 0.5) is 4.79 Å². The van der Waals surface area contributed by atoms with Gasteiger partial charge in [-0.15, -0.1) is 0 Å². The lowest BCUT2D eigenvalue weighted by molar-refractivity contribution is -0.139. The van der Waals surface area contributed by atoms with Crippen LogP contribution in [0.15, 0.2) is 54.6 Å². The molecule has 0 bridgehead atoms. The fourth-order valence-electron chi connectivity index (χ4n) is 2.82. The van der Waals surface area contributed by atoms with Crippen LogP contribution in [0.25, 0.3) is 17.0 Å². The first kappa shape index (κ1) is 22.6. The Morgan fingerprint density at radius 2 is 1.75 bits per heavy atom. The summed E-state index contributed by atoms with van der Waals surface area (Å²) in [6, 6.07) is 14.2. The van der Waals surface area contributed by atoms with Crippen LogP contribution < -0.4 is 14.2 Å². The van der Waals surface area contributed by atoms with Crippen molar-refractivity contribution >= 4 is 29.0 Å². The van der Waals surface area contributed by atoms with Crippen LogP contribution in [-0.4, -0.2) is 50.3 Å². The van der Waals surface area contributed by atoms with E-state index in [1.165, 1.54) is 11.0 Å². The maximum absolute atomic E-state index is 12.2. The molecular formula is C24H24N2O6. The van der Waals surface area contributed by atoms with E-state index in [4.69, 9.17) is 18.9 Å². The molecule has 0 saturated heterocycles. The van der Waals surface area contributed by atoms with Gasteiger partial charge in [-0.3, -0.25) is 0 Å². The van der Waals surface area contributed by atoms with Crippen molar-refractivity contribution in [1.29, 1.82) is 0 Å². The lowest BCUT2D eigenvalue weighted by Gasteiger charge is -2.12. The number of aromatic nitrogens is 1. The van der Waals surface area contributed by atoms with Crippen molar-refractivity contribution in [3.8, 4) is 17.2 Å². The number of ether oxygens (including phenoxy) is 4. The molecule has 32 heavy (non-hydrogen) atoms. The second-order valence-corrected chi connectivity index (χ2v) is 6.95. The Hall–Kier alpha value is -4.07. The van der Waals surface area contributed by atoms with E-state index < -0.39 is 12.1 Å². The molecule has 0 saturated carbocycles. The molecule has 2 aromatic carbocycles. The van der Waals surface area contributed by atoms with Gasteiger partial charge >= 0.3 is 12.1 Å². The van der Waals surface area contributed by atoms with Crippen LogP contribution in [0.2, 0.25) is 0 Å². The fraction of sp³-hybridized carbons (Fsp3) is 0.208. The number of carbonyl (C=O) groups is 2. The molecule has 0 aliphatic rings. The minimum atomic E-state index is -0.519. The highest BCUT2D eigenvalue weighted by Crippen LogP contribution is 2.28. The minimum Gasteiger partial charge on any atom is -0.493 e. The maximum atomic E-state index is 12.2. The Morgan fingerprint density at radius 3 is 2.47 bits per heavy atom. The zero-order chi connectivity index (χ0) is 23.1. The first-order valence-electron chi connectivity index (χ1n) is 9.76. The summed E-state index contributed by atoms with van der Waals surface area (Å²) in [5.41, 5.74) is 1.80. The van der Waals surface area contributed by atoms with E-state index in [0.29, 0.717) is 28.5 Å². The number of fused-ring (bicyclic) bond motifs is 1. The lowest BCUT2D eigenvalue weighted by Crippen LogP contribution is -2.25. The third-order valence-electron chi connectivity index (χ3n) is 4.49. The van der Waals surface area contributed by atoms with Crippen molar-refractivity contribution in [2.45, 2.75) is 6.61 Å². The summed E-state index contributed by atoms with van der Waals surface area (Å²) in [4.78, 5) is 29.9. The molecule has 166 valence electrons. The van der Waals surface area contributed by atoms with Gasteiger partial charge in [-0.2, -0.15) is 0 Å². The van der Waals surface area contributed by atoms with Crippen LogP contribution in [0.1, 0.15) is 11.3 Å². The largest absolute Gasteiger partial charge is 0.493 e. The molecule has 8 heteroatoms. The van der Waals surface area contributed by atoms with Crippen LogP contribution in [0.3, 0.4) is 0 Å². The third kappa shape index (κ3) is 5.54. The Labute approximate surface area is 186 Å². The number of esters is 1. The van der Waals surface area contributed by atoms with E-state index in [-0.39, 0.29) is 6.61 Å². The lowest BCUT2D eigenvalue weighted by atomic mass is 10.2. The first-order valence-corrected chi connectivity index (χ1v) is 9.76. The fourth-order valence-corrected chi connectivity index (χ4v) is 2.82. The van der Waals surface area contributed by atoms with E-state index in [2.05, 4.69) is 4.98 Å². The monoisotopic (exact) mass is 436 g/mol. The van der Waals surface area contributed by atoms with Gasteiger partial charge in [0.05, 0.1) is 19.9 Å². The molecule has 0 radical (unpaired) electrons. The molecular weight excluding hydrogens is 412 g/mol. The van der Waals surface area contributed by atoms with Gasteiger partial charge in [0.2, 0.25) is 0 Å². The summed E-state index contributed by atoms with van der Waals surface area (Å²) in [5, 5.41) is 0.803. The highest BCUT2D eigenvalue weighted by molar-refractivity contribution is 5.88. The molecule has 3 aromatic rings. The van der Waals surface area contributed by atoms with E-state index >= 15 is 0 Å². The van der Waals surface area contributed by atoms with Crippen molar-refractivity contribution < 1.29 is 28.5 Å². The molecule has 0 N–H and O–H groups in total. The van der Waals surface area contributed by atoms with Crippen molar-refractivity contribution in [1.82, 2.24) is 9.88 Å². The molecule has 1 heterocycles. The number of rotatable bonds is 7.